The molecule has 0 radical (unpaired) electrons. The number of hydrogen-bond acceptors (Lipinski definition) is 3. The van der Waals surface area contributed by atoms with Gasteiger partial charge in [0.1, 0.15) is 11.2 Å². The van der Waals surface area contributed by atoms with Crippen LogP contribution in [0.4, 0.5) is 17.1 Å². The highest BCUT2D eigenvalue weighted by Crippen LogP contribution is 2.52. The van der Waals surface area contributed by atoms with Crippen LogP contribution in [0.25, 0.3) is 77.6 Å². The minimum Gasteiger partial charge on any atom is -0.455 e. The Kier molecular flexibility index (Phi) is 8.61. The minimum atomic E-state index is -0.189. The van der Waals surface area contributed by atoms with Crippen LogP contribution >= 0.6 is 12.6 Å². The lowest BCUT2D eigenvalue weighted by Crippen LogP contribution is -2.16. The van der Waals surface area contributed by atoms with Gasteiger partial charge in [-0.3, -0.25) is 0 Å². The predicted molar refractivity (Wildman–Crippen MR) is 255 cm³/mol. The van der Waals surface area contributed by atoms with Crippen LogP contribution in [-0.4, -0.2) is 0 Å². The van der Waals surface area contributed by atoms with E-state index in [1.54, 1.807) is 0 Å². The first-order valence-corrected chi connectivity index (χ1v) is 21.0. The number of nitrogens with zero attached hydrogens (tertiary/aromatic N) is 1. The average molecular weight is 788 g/mol. The van der Waals surface area contributed by atoms with Gasteiger partial charge in [0.25, 0.3) is 0 Å². The van der Waals surface area contributed by atoms with E-state index >= 15 is 0 Å². The second-order valence-corrected chi connectivity index (χ2v) is 16.8. The Hall–Kier alpha value is -7.07. The summed E-state index contributed by atoms with van der Waals surface area (Å²) in [7, 11) is 0. The molecule has 0 bridgehead atoms. The number of hydrogen-bond donors (Lipinski definition) is 1. The zero-order valence-electron chi connectivity index (χ0n) is 33.4. The number of rotatable bonds is 7. The van der Waals surface area contributed by atoms with Crippen LogP contribution in [0.1, 0.15) is 25.0 Å². The summed E-state index contributed by atoms with van der Waals surface area (Å²) in [5, 5.41) is 2.27. The first kappa shape index (κ1) is 36.0. The van der Waals surface area contributed by atoms with Gasteiger partial charge in [-0.1, -0.05) is 159 Å². The summed E-state index contributed by atoms with van der Waals surface area (Å²) in [5.41, 5.74) is 19.5. The molecule has 60 heavy (non-hydrogen) atoms. The maximum Gasteiger partial charge on any atom is 0.143 e. The molecule has 0 N–H and O–H groups in total. The molecule has 0 unspecified atom stereocenters. The second-order valence-electron chi connectivity index (χ2n) is 16.3. The van der Waals surface area contributed by atoms with Crippen LogP contribution in [0.2, 0.25) is 0 Å². The van der Waals surface area contributed by atoms with E-state index in [4.69, 9.17) is 17.0 Å². The third-order valence-corrected chi connectivity index (χ3v) is 12.8. The quantitative estimate of drug-likeness (QED) is 0.162. The van der Waals surface area contributed by atoms with E-state index in [1.807, 2.05) is 18.2 Å². The van der Waals surface area contributed by atoms with Crippen molar-refractivity contribution in [2.24, 2.45) is 0 Å². The lowest BCUT2D eigenvalue weighted by atomic mass is 9.81. The summed E-state index contributed by atoms with van der Waals surface area (Å²) < 4.78 is 6.45. The van der Waals surface area contributed by atoms with Crippen LogP contribution < -0.4 is 4.90 Å². The lowest BCUT2D eigenvalue weighted by molar-refractivity contribution is 0.660. The molecule has 0 aliphatic heterocycles. The molecule has 0 saturated carbocycles. The standard InChI is InChI=1S/C57H41NOS/c1-57(2)52-35-42(37-12-5-3-6-13-37)24-31-47(52)48-32-30-45(36-53(48)57)58(43-26-20-38(21-27-43)41-25-33-55(60)51(34-41)39-14-7-4-8-15-39)44-28-22-40(23-29-44)46-17-11-18-50-49-16-9-10-19-54(49)59-56(46)50/h3-36,60H,1-2H3. The Morgan fingerprint density at radius 2 is 0.900 bits per heavy atom. The molecule has 286 valence electrons. The number of thiol groups is 1. The molecule has 1 aromatic heterocycles. The fourth-order valence-electron chi connectivity index (χ4n) is 9.25. The first-order valence-electron chi connectivity index (χ1n) is 20.6. The molecule has 11 rings (SSSR count). The predicted octanol–water partition coefficient (Wildman–Crippen LogP) is 16.3. The fourth-order valence-corrected chi connectivity index (χ4v) is 9.52. The smallest absolute Gasteiger partial charge is 0.143 e. The van der Waals surface area contributed by atoms with E-state index in [0.717, 1.165) is 77.3 Å². The molecule has 0 amide bonds. The van der Waals surface area contributed by atoms with Gasteiger partial charge in [0.05, 0.1) is 0 Å². The van der Waals surface area contributed by atoms with Gasteiger partial charge in [-0.2, -0.15) is 0 Å². The topological polar surface area (TPSA) is 16.4 Å². The van der Waals surface area contributed by atoms with Crippen molar-refractivity contribution in [3.63, 3.8) is 0 Å². The highest BCUT2D eigenvalue weighted by molar-refractivity contribution is 7.80. The van der Waals surface area contributed by atoms with Crippen LogP contribution in [-0.2, 0) is 5.41 Å². The van der Waals surface area contributed by atoms with E-state index < -0.39 is 0 Å². The number of furan rings is 1. The zero-order valence-corrected chi connectivity index (χ0v) is 34.3. The van der Waals surface area contributed by atoms with Crippen LogP contribution in [0.3, 0.4) is 0 Å². The van der Waals surface area contributed by atoms with Crippen molar-refractivity contribution >= 4 is 51.6 Å². The summed E-state index contributed by atoms with van der Waals surface area (Å²) >= 11 is 4.82. The van der Waals surface area contributed by atoms with Crippen molar-refractivity contribution in [3.8, 4) is 55.6 Å². The van der Waals surface area contributed by atoms with Crippen LogP contribution in [0.5, 0.6) is 0 Å². The summed E-state index contributed by atoms with van der Waals surface area (Å²) in [6, 6.07) is 74.2. The fraction of sp³-hybridized carbons (Fsp3) is 0.0526. The normalized spacial score (nSPS) is 12.7. The van der Waals surface area contributed by atoms with Crippen molar-refractivity contribution in [1.82, 2.24) is 0 Å². The van der Waals surface area contributed by atoms with Gasteiger partial charge >= 0.3 is 0 Å². The van der Waals surface area contributed by atoms with Gasteiger partial charge in [0.2, 0.25) is 0 Å². The number of fused-ring (bicyclic) bond motifs is 6. The third kappa shape index (κ3) is 6.04. The molecule has 1 aliphatic rings. The Morgan fingerprint density at radius 3 is 1.63 bits per heavy atom. The van der Waals surface area contributed by atoms with Crippen molar-refractivity contribution in [1.29, 1.82) is 0 Å². The maximum absolute atomic E-state index is 6.45. The SMILES string of the molecule is CC1(C)c2cc(-c3ccccc3)ccc2-c2ccc(N(c3ccc(-c4ccc(S)c(-c5ccccc5)c4)cc3)c3ccc(-c4cccc5c4oc4ccccc45)cc3)cc21. The van der Waals surface area contributed by atoms with Gasteiger partial charge in [0.15, 0.2) is 0 Å². The van der Waals surface area contributed by atoms with Crippen LogP contribution in [0.15, 0.2) is 216 Å². The molecule has 1 aliphatic carbocycles. The Bertz CT molecular complexity index is 3220. The highest BCUT2D eigenvalue weighted by atomic mass is 32.1. The number of benzene rings is 9. The molecule has 10 aromatic rings. The van der Waals surface area contributed by atoms with Gasteiger partial charge in [0, 0.05) is 43.7 Å². The number of anilines is 3. The molecule has 0 saturated heterocycles. The maximum atomic E-state index is 6.45. The molecule has 2 nitrogen and oxygen atoms in total. The van der Waals surface area contributed by atoms with E-state index in [-0.39, 0.29) is 5.41 Å². The molecule has 0 fully saturated rings. The molecule has 3 heteroatoms. The molecule has 0 spiro atoms. The Morgan fingerprint density at radius 1 is 0.383 bits per heavy atom. The second kappa shape index (κ2) is 14.3. The first-order chi connectivity index (χ1) is 29.4. The average Bonchev–Trinajstić information content (AvgIpc) is 3.79. The zero-order chi connectivity index (χ0) is 40.4. The molecule has 1 heterocycles. The lowest BCUT2D eigenvalue weighted by Gasteiger charge is -2.28. The van der Waals surface area contributed by atoms with Crippen molar-refractivity contribution in [3.05, 3.63) is 217 Å². The van der Waals surface area contributed by atoms with Gasteiger partial charge in [-0.15, -0.1) is 12.6 Å². The number of para-hydroxylation sites is 2. The van der Waals surface area contributed by atoms with Crippen molar-refractivity contribution in [2.75, 3.05) is 4.90 Å². The van der Waals surface area contributed by atoms with Crippen LogP contribution in [0, 0.1) is 0 Å². The van der Waals surface area contributed by atoms with Gasteiger partial charge in [-0.05, 0) is 122 Å². The van der Waals surface area contributed by atoms with E-state index in [0.29, 0.717) is 0 Å². The molecular formula is C57H41NOS. The Balaban J connectivity index is 1.01. The Labute approximate surface area is 356 Å². The highest BCUT2D eigenvalue weighted by Gasteiger charge is 2.36. The minimum absolute atomic E-state index is 0.189. The third-order valence-electron chi connectivity index (χ3n) is 12.4. The van der Waals surface area contributed by atoms with E-state index in [1.165, 1.54) is 33.4 Å². The van der Waals surface area contributed by atoms with Crippen molar-refractivity contribution in [2.45, 2.75) is 24.2 Å². The monoisotopic (exact) mass is 787 g/mol. The van der Waals surface area contributed by atoms with Gasteiger partial charge in [-0.25, -0.2) is 0 Å². The largest absolute Gasteiger partial charge is 0.455 e. The summed E-state index contributed by atoms with van der Waals surface area (Å²) in [6.45, 7) is 4.73. The molecule has 9 aromatic carbocycles. The van der Waals surface area contributed by atoms with E-state index in [9.17, 15) is 0 Å². The van der Waals surface area contributed by atoms with E-state index in [2.05, 4.69) is 207 Å². The molecular weight excluding hydrogens is 747 g/mol. The summed E-state index contributed by atoms with van der Waals surface area (Å²) in [4.78, 5) is 3.35. The summed E-state index contributed by atoms with van der Waals surface area (Å²) in [5.74, 6) is 0. The van der Waals surface area contributed by atoms with Crippen molar-refractivity contribution < 1.29 is 4.42 Å². The van der Waals surface area contributed by atoms with Gasteiger partial charge < -0.3 is 9.32 Å². The summed E-state index contributed by atoms with van der Waals surface area (Å²) in [6.07, 6.45) is 0. The molecule has 0 atom stereocenters.